The molecule has 5 rings (SSSR count). The van der Waals surface area contributed by atoms with E-state index in [9.17, 15) is 4.79 Å². The molecule has 144 valence electrons. The van der Waals surface area contributed by atoms with Gasteiger partial charge in [-0.25, -0.2) is 9.89 Å². The Hall–Kier alpha value is -2.86. The molecule has 4 heterocycles. The first-order chi connectivity index (χ1) is 13.6. The lowest BCUT2D eigenvalue weighted by molar-refractivity contribution is 0.460. The molecule has 0 aliphatic carbocycles. The van der Waals surface area contributed by atoms with Crippen molar-refractivity contribution in [1.29, 1.82) is 0 Å². The van der Waals surface area contributed by atoms with E-state index in [-0.39, 0.29) is 5.69 Å². The van der Waals surface area contributed by atoms with Gasteiger partial charge in [0, 0.05) is 22.7 Å². The Morgan fingerprint density at radius 1 is 1.14 bits per heavy atom. The van der Waals surface area contributed by atoms with Crippen molar-refractivity contribution in [1.82, 2.24) is 24.9 Å². The number of benzene rings is 1. The number of aromatic nitrogens is 4. The quantitative estimate of drug-likeness (QED) is 0.510. The third-order valence-corrected chi connectivity index (χ3v) is 5.96. The minimum absolute atomic E-state index is 0.214. The number of hydrogen-bond donors (Lipinski definition) is 3. The Bertz CT molecular complexity index is 1210. The molecule has 4 aromatic rings. The van der Waals surface area contributed by atoms with Crippen molar-refractivity contribution >= 4 is 16.6 Å². The SMILES string of the molecule is CC(C)c1c(-c2ccn3c(=O)[nH]nc3c2)[nH]c2ccc(C3CCNCC3)cc12. The topological polar surface area (TPSA) is 78.0 Å². The van der Waals surface area contributed by atoms with Crippen LogP contribution in [0.2, 0.25) is 0 Å². The molecule has 28 heavy (non-hydrogen) atoms. The van der Waals surface area contributed by atoms with Crippen LogP contribution in [0, 0.1) is 0 Å². The molecule has 3 N–H and O–H groups in total. The average Bonchev–Trinajstić information content (AvgIpc) is 3.28. The van der Waals surface area contributed by atoms with E-state index < -0.39 is 0 Å². The molecular weight excluding hydrogens is 350 g/mol. The van der Waals surface area contributed by atoms with E-state index in [0.717, 1.165) is 29.9 Å². The molecule has 1 saturated heterocycles. The Morgan fingerprint density at radius 2 is 1.96 bits per heavy atom. The lowest BCUT2D eigenvalue weighted by Crippen LogP contribution is -2.26. The van der Waals surface area contributed by atoms with Gasteiger partial charge in [-0.3, -0.25) is 4.40 Å². The van der Waals surface area contributed by atoms with E-state index in [0.29, 0.717) is 17.5 Å². The van der Waals surface area contributed by atoms with Crippen molar-refractivity contribution in [2.75, 3.05) is 13.1 Å². The summed E-state index contributed by atoms with van der Waals surface area (Å²) in [5, 5.41) is 11.4. The molecule has 0 saturated carbocycles. The van der Waals surface area contributed by atoms with Crippen LogP contribution in [0.15, 0.2) is 41.3 Å². The summed E-state index contributed by atoms with van der Waals surface area (Å²) in [6.45, 7) is 6.67. The summed E-state index contributed by atoms with van der Waals surface area (Å²) in [4.78, 5) is 15.4. The molecule has 1 fully saturated rings. The van der Waals surface area contributed by atoms with Crippen molar-refractivity contribution in [3.63, 3.8) is 0 Å². The summed E-state index contributed by atoms with van der Waals surface area (Å²) >= 11 is 0. The number of hydrogen-bond acceptors (Lipinski definition) is 3. The maximum Gasteiger partial charge on any atom is 0.347 e. The van der Waals surface area contributed by atoms with Gasteiger partial charge in [0.25, 0.3) is 0 Å². The summed E-state index contributed by atoms with van der Waals surface area (Å²) in [6, 6.07) is 10.8. The van der Waals surface area contributed by atoms with Gasteiger partial charge in [-0.1, -0.05) is 19.9 Å². The number of aromatic amines is 2. The molecule has 0 radical (unpaired) electrons. The highest BCUT2D eigenvalue weighted by Crippen LogP contribution is 2.37. The van der Waals surface area contributed by atoms with E-state index in [1.54, 1.807) is 6.20 Å². The first-order valence-electron chi connectivity index (χ1n) is 10.0. The molecule has 6 heteroatoms. The van der Waals surface area contributed by atoms with E-state index in [4.69, 9.17) is 0 Å². The van der Waals surface area contributed by atoms with Gasteiger partial charge in [0.15, 0.2) is 5.65 Å². The molecule has 0 bridgehead atoms. The molecule has 1 aromatic carbocycles. The van der Waals surface area contributed by atoms with Gasteiger partial charge < -0.3 is 10.3 Å². The van der Waals surface area contributed by atoms with Crippen LogP contribution in [0.5, 0.6) is 0 Å². The normalized spacial score (nSPS) is 15.8. The fourth-order valence-electron chi connectivity index (χ4n) is 4.53. The summed E-state index contributed by atoms with van der Waals surface area (Å²) in [5.74, 6) is 1.01. The van der Waals surface area contributed by atoms with Gasteiger partial charge in [-0.2, -0.15) is 5.10 Å². The predicted molar refractivity (Wildman–Crippen MR) is 112 cm³/mol. The van der Waals surface area contributed by atoms with Crippen LogP contribution in [0.3, 0.4) is 0 Å². The number of pyridine rings is 1. The number of piperidine rings is 1. The fraction of sp³-hybridized carbons (Fsp3) is 0.364. The Morgan fingerprint density at radius 3 is 2.75 bits per heavy atom. The van der Waals surface area contributed by atoms with Crippen LogP contribution in [-0.2, 0) is 0 Å². The molecule has 0 atom stereocenters. The number of H-pyrrole nitrogens is 2. The van der Waals surface area contributed by atoms with Crippen LogP contribution >= 0.6 is 0 Å². The summed E-state index contributed by atoms with van der Waals surface area (Å²) in [7, 11) is 0. The van der Waals surface area contributed by atoms with Crippen molar-refractivity contribution in [3.8, 4) is 11.3 Å². The number of nitrogens with zero attached hydrogens (tertiary/aromatic N) is 2. The van der Waals surface area contributed by atoms with Gasteiger partial charge >= 0.3 is 5.69 Å². The van der Waals surface area contributed by atoms with Crippen LogP contribution in [0.4, 0.5) is 0 Å². The van der Waals surface area contributed by atoms with Crippen molar-refractivity contribution < 1.29 is 0 Å². The molecule has 0 amide bonds. The lowest BCUT2D eigenvalue weighted by atomic mass is 9.88. The Balaban J connectivity index is 1.67. The monoisotopic (exact) mass is 375 g/mol. The van der Waals surface area contributed by atoms with Gasteiger partial charge in [0.1, 0.15) is 0 Å². The van der Waals surface area contributed by atoms with Crippen LogP contribution in [0.25, 0.3) is 27.8 Å². The van der Waals surface area contributed by atoms with Crippen molar-refractivity contribution in [3.05, 3.63) is 58.1 Å². The summed E-state index contributed by atoms with van der Waals surface area (Å²) in [5.41, 5.74) is 6.51. The van der Waals surface area contributed by atoms with E-state index >= 15 is 0 Å². The molecular formula is C22H25N5O. The van der Waals surface area contributed by atoms with Crippen LogP contribution in [-0.4, -0.2) is 32.7 Å². The number of rotatable bonds is 3. The molecule has 1 aliphatic rings. The molecule has 1 aliphatic heterocycles. The van der Waals surface area contributed by atoms with Gasteiger partial charge in [0.2, 0.25) is 0 Å². The van der Waals surface area contributed by atoms with Gasteiger partial charge in [0.05, 0.1) is 5.69 Å². The van der Waals surface area contributed by atoms with Crippen molar-refractivity contribution in [2.45, 2.75) is 38.5 Å². The largest absolute Gasteiger partial charge is 0.354 e. The first-order valence-corrected chi connectivity index (χ1v) is 10.0. The molecule has 6 nitrogen and oxygen atoms in total. The Kier molecular flexibility index (Phi) is 4.09. The summed E-state index contributed by atoms with van der Waals surface area (Å²) < 4.78 is 1.52. The first kappa shape index (κ1) is 17.3. The molecule has 0 spiro atoms. The van der Waals surface area contributed by atoms with Gasteiger partial charge in [-0.05, 0) is 73.2 Å². The Labute approximate surface area is 163 Å². The predicted octanol–water partition coefficient (Wildman–Crippen LogP) is 3.76. The van der Waals surface area contributed by atoms with E-state index in [1.807, 2.05) is 12.1 Å². The van der Waals surface area contributed by atoms with E-state index in [2.05, 4.69) is 52.5 Å². The smallest absolute Gasteiger partial charge is 0.347 e. The minimum atomic E-state index is -0.214. The maximum absolute atomic E-state index is 11.8. The highest BCUT2D eigenvalue weighted by atomic mass is 16.1. The van der Waals surface area contributed by atoms with Crippen LogP contribution in [0.1, 0.15) is 49.7 Å². The third kappa shape index (κ3) is 2.76. The zero-order valence-corrected chi connectivity index (χ0v) is 16.2. The second-order valence-electron chi connectivity index (χ2n) is 8.07. The van der Waals surface area contributed by atoms with Gasteiger partial charge in [-0.15, -0.1) is 0 Å². The van der Waals surface area contributed by atoms with Crippen molar-refractivity contribution in [2.24, 2.45) is 0 Å². The number of fused-ring (bicyclic) bond motifs is 2. The minimum Gasteiger partial charge on any atom is -0.354 e. The van der Waals surface area contributed by atoms with E-state index in [1.165, 1.54) is 33.8 Å². The van der Waals surface area contributed by atoms with Crippen LogP contribution < -0.4 is 11.0 Å². The molecule has 0 unspecified atom stereocenters. The maximum atomic E-state index is 11.8. The second kappa shape index (κ2) is 6.63. The fourth-order valence-corrected chi connectivity index (χ4v) is 4.53. The second-order valence-corrected chi connectivity index (χ2v) is 8.07. The standard InChI is InChI=1S/C22H25N5O/c1-13(2)20-17-11-15(14-5-8-23-9-6-14)3-4-18(17)24-21(20)16-7-10-27-19(12-16)25-26-22(27)28/h3-4,7,10-14,23-24H,5-6,8-9H2,1-2H3,(H,26,28). The molecule has 3 aromatic heterocycles. The lowest BCUT2D eigenvalue weighted by Gasteiger charge is -2.23. The third-order valence-electron chi connectivity index (χ3n) is 5.96. The highest BCUT2D eigenvalue weighted by Gasteiger charge is 2.20. The zero-order valence-electron chi connectivity index (χ0n) is 16.2. The summed E-state index contributed by atoms with van der Waals surface area (Å²) in [6.07, 6.45) is 4.18. The zero-order chi connectivity index (χ0) is 19.3. The average molecular weight is 375 g/mol. The highest BCUT2D eigenvalue weighted by molar-refractivity contribution is 5.92. The number of nitrogens with one attached hydrogen (secondary N) is 3.